The van der Waals surface area contributed by atoms with Crippen molar-refractivity contribution < 1.29 is 34.1 Å². The minimum atomic E-state index is -1.39. The van der Waals surface area contributed by atoms with Crippen molar-refractivity contribution in [2.24, 2.45) is 0 Å². The van der Waals surface area contributed by atoms with Crippen LogP contribution in [0.25, 0.3) is 0 Å². The number of carboxylic acid groups (broad SMARTS) is 1. The summed E-state index contributed by atoms with van der Waals surface area (Å²) in [5.41, 5.74) is 0. The Bertz CT molecular complexity index is 1020. The quantitative estimate of drug-likeness (QED) is 0.0286. The van der Waals surface area contributed by atoms with Crippen LogP contribution in [-0.2, 0) is 23.9 Å². The summed E-state index contributed by atoms with van der Waals surface area (Å²) in [6.07, 6.45) is 43.0. The molecule has 2 unspecified atom stereocenters. The molecule has 0 aromatic carbocycles. The molecule has 2 amide bonds. The molecule has 0 aromatic rings. The third kappa shape index (κ3) is 33.9. The highest BCUT2D eigenvalue weighted by atomic mass is 16.5. The minimum Gasteiger partial charge on any atom is -0.480 e. The van der Waals surface area contributed by atoms with E-state index in [4.69, 9.17) is 14.9 Å². The number of rotatable bonds is 36. The number of amides is 2. The van der Waals surface area contributed by atoms with E-state index in [9.17, 15) is 19.2 Å². The summed E-state index contributed by atoms with van der Waals surface area (Å²) in [5.74, 6) is -2.44. The zero-order chi connectivity index (χ0) is 38.3. The number of allylic oxidation sites excluding steroid dienone is 7. The largest absolute Gasteiger partial charge is 0.480 e. The Morgan fingerprint density at radius 1 is 0.596 bits per heavy atom. The Kier molecular flexibility index (Phi) is 35.2. The van der Waals surface area contributed by atoms with Crippen molar-refractivity contribution in [1.82, 2.24) is 10.6 Å². The third-order valence-corrected chi connectivity index (χ3v) is 8.78. The van der Waals surface area contributed by atoms with Crippen LogP contribution in [0.5, 0.6) is 0 Å². The van der Waals surface area contributed by atoms with Crippen molar-refractivity contribution in [3.63, 3.8) is 0 Å². The summed E-state index contributed by atoms with van der Waals surface area (Å²) in [6, 6.07) is -1.39. The molecule has 0 saturated heterocycles. The predicted octanol–water partition coefficient (Wildman–Crippen LogP) is 9.59. The van der Waals surface area contributed by atoms with Gasteiger partial charge in [-0.3, -0.25) is 14.4 Å². The highest BCUT2D eigenvalue weighted by Crippen LogP contribution is 2.15. The van der Waals surface area contributed by atoms with E-state index in [0.29, 0.717) is 12.8 Å². The predicted molar refractivity (Wildman–Crippen MR) is 213 cm³/mol. The number of nitrogens with one attached hydrogen (secondary N) is 2. The summed E-state index contributed by atoms with van der Waals surface area (Å²) in [6.45, 7) is 3.37. The molecule has 52 heavy (non-hydrogen) atoms. The van der Waals surface area contributed by atoms with Crippen LogP contribution in [0, 0.1) is 0 Å². The highest BCUT2D eigenvalue weighted by molar-refractivity contribution is 5.87. The van der Waals surface area contributed by atoms with Gasteiger partial charge in [-0.2, -0.15) is 0 Å². The van der Waals surface area contributed by atoms with Crippen LogP contribution in [0.2, 0.25) is 0 Å². The van der Waals surface area contributed by atoms with Crippen molar-refractivity contribution >= 4 is 23.8 Å². The second kappa shape index (κ2) is 37.6. The molecule has 0 spiro atoms. The van der Waals surface area contributed by atoms with Crippen molar-refractivity contribution in [3.8, 4) is 0 Å². The van der Waals surface area contributed by atoms with Crippen LogP contribution in [-0.4, -0.2) is 59.3 Å². The van der Waals surface area contributed by atoms with Crippen LogP contribution in [0.4, 0.5) is 0 Å². The van der Waals surface area contributed by atoms with Crippen LogP contribution in [0.3, 0.4) is 0 Å². The maximum Gasteiger partial charge on any atom is 0.328 e. The van der Waals surface area contributed by atoms with Gasteiger partial charge in [-0.1, -0.05) is 127 Å². The lowest BCUT2D eigenvalue weighted by atomic mass is 10.1. The summed E-state index contributed by atoms with van der Waals surface area (Å²) in [5, 5.41) is 22.5. The number of hydrogen-bond acceptors (Lipinski definition) is 6. The van der Waals surface area contributed by atoms with E-state index in [0.717, 1.165) is 70.6 Å². The van der Waals surface area contributed by atoms with Crippen molar-refractivity contribution in [1.29, 1.82) is 0 Å². The van der Waals surface area contributed by atoms with Crippen LogP contribution >= 0.6 is 0 Å². The average Bonchev–Trinajstić information content (AvgIpc) is 3.13. The summed E-state index contributed by atoms with van der Waals surface area (Å²) < 4.78 is 5.87. The first-order valence-corrected chi connectivity index (χ1v) is 20.5. The highest BCUT2D eigenvalue weighted by Gasteiger charge is 2.18. The second-order valence-corrected chi connectivity index (χ2v) is 13.7. The van der Waals surface area contributed by atoms with Crippen LogP contribution < -0.4 is 10.6 Å². The molecule has 0 aliphatic heterocycles. The molecule has 298 valence electrons. The van der Waals surface area contributed by atoms with Gasteiger partial charge in [0.15, 0.2) is 0 Å². The van der Waals surface area contributed by atoms with Crippen molar-refractivity contribution in [3.05, 3.63) is 48.6 Å². The maximum absolute atomic E-state index is 12.7. The van der Waals surface area contributed by atoms with Gasteiger partial charge < -0.3 is 25.6 Å². The molecule has 0 heterocycles. The first-order chi connectivity index (χ1) is 25.3. The molecule has 0 saturated carbocycles. The number of unbranched alkanes of at least 4 members (excludes halogenated alkanes) is 16. The molecule has 9 nitrogen and oxygen atoms in total. The molecule has 0 aromatic heterocycles. The van der Waals surface area contributed by atoms with Gasteiger partial charge >= 0.3 is 11.9 Å². The Morgan fingerprint density at radius 2 is 1.10 bits per heavy atom. The van der Waals surface area contributed by atoms with E-state index < -0.39 is 24.5 Å². The SMILES string of the molecule is CCCCC/C=C\C/C=C\CCCCCCCCCC(=O)OC(/C=C\C/C=C\CCCCC)CCCCCCC(=O)NCC(=O)NC(CO)C(=O)O. The molecule has 0 bridgehead atoms. The van der Waals surface area contributed by atoms with E-state index in [1.807, 2.05) is 6.08 Å². The number of carboxylic acids is 1. The molecule has 0 fully saturated rings. The Hall–Kier alpha value is -3.20. The fourth-order valence-corrected chi connectivity index (χ4v) is 5.57. The summed E-state index contributed by atoms with van der Waals surface area (Å²) >= 11 is 0. The number of aliphatic carboxylic acids is 1. The Morgan fingerprint density at radius 3 is 1.65 bits per heavy atom. The van der Waals surface area contributed by atoms with Gasteiger partial charge in [-0.25, -0.2) is 4.79 Å². The zero-order valence-corrected chi connectivity index (χ0v) is 32.8. The monoisotopic (exact) mass is 731 g/mol. The van der Waals surface area contributed by atoms with Gasteiger partial charge in [0.2, 0.25) is 11.8 Å². The van der Waals surface area contributed by atoms with Gasteiger partial charge in [0, 0.05) is 12.8 Å². The molecule has 4 N–H and O–H groups in total. The molecule has 9 heteroatoms. The number of carbonyl (C=O) groups is 4. The second-order valence-electron chi connectivity index (χ2n) is 13.7. The van der Waals surface area contributed by atoms with Crippen molar-refractivity contribution in [2.75, 3.05) is 13.2 Å². The van der Waals surface area contributed by atoms with Gasteiger partial charge in [0.1, 0.15) is 12.1 Å². The number of aliphatic hydroxyl groups is 1. The lowest BCUT2D eigenvalue weighted by molar-refractivity contribution is -0.147. The van der Waals surface area contributed by atoms with E-state index >= 15 is 0 Å². The van der Waals surface area contributed by atoms with Crippen molar-refractivity contribution in [2.45, 2.75) is 187 Å². The van der Waals surface area contributed by atoms with E-state index in [2.05, 4.69) is 67.0 Å². The smallest absolute Gasteiger partial charge is 0.328 e. The lowest BCUT2D eigenvalue weighted by Gasteiger charge is -2.15. The molecular weight excluding hydrogens is 656 g/mol. The van der Waals surface area contributed by atoms with Gasteiger partial charge in [0.25, 0.3) is 0 Å². The molecule has 0 aliphatic rings. The number of hydrogen-bond donors (Lipinski definition) is 4. The summed E-state index contributed by atoms with van der Waals surface area (Å²) in [7, 11) is 0. The van der Waals surface area contributed by atoms with Crippen LogP contribution in [0.15, 0.2) is 48.6 Å². The van der Waals surface area contributed by atoms with Gasteiger partial charge in [0.05, 0.1) is 13.2 Å². The normalized spacial score (nSPS) is 13.0. The van der Waals surface area contributed by atoms with Gasteiger partial charge in [-0.15, -0.1) is 0 Å². The molecule has 0 rings (SSSR count). The summed E-state index contributed by atoms with van der Waals surface area (Å²) in [4.78, 5) is 47.4. The number of ether oxygens (including phenoxy) is 1. The fourth-order valence-electron chi connectivity index (χ4n) is 5.57. The number of carbonyl (C=O) groups excluding carboxylic acids is 3. The van der Waals surface area contributed by atoms with Gasteiger partial charge in [-0.05, 0) is 83.1 Å². The topological polar surface area (TPSA) is 142 Å². The Balaban J connectivity index is 4.30. The molecular formula is C43H74N2O7. The number of aliphatic hydroxyl groups excluding tert-OH is 1. The first-order valence-electron chi connectivity index (χ1n) is 20.5. The van der Waals surface area contributed by atoms with E-state index in [-0.39, 0.29) is 30.9 Å². The first kappa shape index (κ1) is 48.8. The Labute approximate surface area is 316 Å². The molecule has 2 atom stereocenters. The molecule has 0 aliphatic carbocycles. The van der Waals surface area contributed by atoms with Crippen LogP contribution in [0.1, 0.15) is 174 Å². The standard InChI is InChI=1S/C43H74N2O7/c1-3-5-7-9-11-13-14-15-16-17-18-19-20-21-23-25-31-35-42(49)52-38(32-28-24-22-12-10-8-6-4-2)33-29-26-27-30-34-40(47)44-36-41(48)45-39(37-46)43(50)51/h11-13,15-16,22,28,32,38-39,46H,3-10,14,17-21,23-27,29-31,33-37H2,1-2H3,(H,44,47)(H,45,48)(H,50,51)/b13-11-,16-15-,22-12-,32-28-. The molecule has 0 radical (unpaired) electrons. The minimum absolute atomic E-state index is 0.137. The maximum atomic E-state index is 12.7. The van der Waals surface area contributed by atoms with E-state index in [1.165, 1.54) is 70.6 Å². The fraction of sp³-hybridized carbons (Fsp3) is 0.721. The number of esters is 1. The third-order valence-electron chi connectivity index (χ3n) is 8.78. The zero-order valence-electron chi connectivity index (χ0n) is 32.8. The van der Waals surface area contributed by atoms with E-state index in [1.54, 1.807) is 0 Å². The lowest BCUT2D eigenvalue weighted by Crippen LogP contribution is -2.47. The average molecular weight is 731 g/mol.